The van der Waals surface area contributed by atoms with E-state index in [-0.39, 0.29) is 12.3 Å². The Balaban J connectivity index is 2.91. The van der Waals surface area contributed by atoms with Gasteiger partial charge in [0.2, 0.25) is 10.0 Å². The van der Waals surface area contributed by atoms with Gasteiger partial charge in [0, 0.05) is 13.6 Å². The molecular weight excluding hydrogens is 200 g/mol. The molecule has 0 saturated carbocycles. The van der Waals surface area contributed by atoms with E-state index in [1.54, 1.807) is 24.3 Å². The molecule has 0 bridgehead atoms. The Morgan fingerprint density at radius 2 is 1.86 bits per heavy atom. The summed E-state index contributed by atoms with van der Waals surface area (Å²) in [5, 5.41) is 0. The summed E-state index contributed by atoms with van der Waals surface area (Å²) in [4.78, 5) is 0. The van der Waals surface area contributed by atoms with Crippen LogP contribution < -0.4 is 10.0 Å². The number of para-hydroxylation sites is 1. The first kappa shape index (κ1) is 11.0. The van der Waals surface area contributed by atoms with Gasteiger partial charge in [0.25, 0.3) is 0 Å². The molecule has 4 nitrogen and oxygen atoms in total. The number of rotatable bonds is 4. The average Bonchev–Trinajstić information content (AvgIpc) is 2.18. The van der Waals surface area contributed by atoms with Gasteiger partial charge in [-0.1, -0.05) is 18.2 Å². The van der Waals surface area contributed by atoms with Crippen LogP contribution in [0.1, 0.15) is 0 Å². The minimum atomic E-state index is -3.26. The van der Waals surface area contributed by atoms with Gasteiger partial charge < -0.3 is 5.73 Å². The fourth-order valence-electron chi connectivity index (χ4n) is 1.08. The van der Waals surface area contributed by atoms with E-state index in [1.165, 1.54) is 11.4 Å². The Kier molecular flexibility index (Phi) is 3.49. The van der Waals surface area contributed by atoms with Crippen LogP contribution in [-0.2, 0) is 10.0 Å². The van der Waals surface area contributed by atoms with Crippen LogP contribution >= 0.6 is 0 Å². The molecule has 0 aromatic heterocycles. The molecule has 78 valence electrons. The second-order valence-corrected chi connectivity index (χ2v) is 5.03. The van der Waals surface area contributed by atoms with Crippen molar-refractivity contribution >= 4 is 15.7 Å². The molecule has 0 saturated heterocycles. The highest BCUT2D eigenvalue weighted by molar-refractivity contribution is 7.92. The van der Waals surface area contributed by atoms with Crippen molar-refractivity contribution < 1.29 is 8.42 Å². The minimum Gasteiger partial charge on any atom is -0.329 e. The number of nitrogens with two attached hydrogens (primary N) is 1. The molecule has 0 aliphatic heterocycles. The minimum absolute atomic E-state index is 0.0294. The summed E-state index contributed by atoms with van der Waals surface area (Å²) >= 11 is 0. The number of hydrogen-bond donors (Lipinski definition) is 1. The summed E-state index contributed by atoms with van der Waals surface area (Å²) in [6.07, 6.45) is 0. The van der Waals surface area contributed by atoms with Crippen LogP contribution in [0.15, 0.2) is 30.3 Å². The third-order valence-corrected chi connectivity index (χ3v) is 3.71. The van der Waals surface area contributed by atoms with E-state index in [9.17, 15) is 8.42 Å². The Morgan fingerprint density at radius 3 is 2.36 bits per heavy atom. The maximum Gasteiger partial charge on any atom is 0.236 e. The molecule has 1 aromatic rings. The monoisotopic (exact) mass is 214 g/mol. The molecule has 0 aliphatic rings. The van der Waals surface area contributed by atoms with Gasteiger partial charge in [0.15, 0.2) is 0 Å². The van der Waals surface area contributed by atoms with Gasteiger partial charge in [0.05, 0.1) is 11.4 Å². The summed E-state index contributed by atoms with van der Waals surface area (Å²) in [7, 11) is -1.73. The molecule has 0 amide bonds. The third kappa shape index (κ3) is 2.46. The molecular formula is C9H14N2O2S. The van der Waals surface area contributed by atoms with Crippen molar-refractivity contribution in [2.45, 2.75) is 0 Å². The van der Waals surface area contributed by atoms with Crippen LogP contribution in [0.25, 0.3) is 0 Å². The molecule has 5 heteroatoms. The summed E-state index contributed by atoms with van der Waals surface area (Å²) in [5.74, 6) is -0.0294. The van der Waals surface area contributed by atoms with Crippen molar-refractivity contribution in [3.05, 3.63) is 30.3 Å². The van der Waals surface area contributed by atoms with E-state index in [0.29, 0.717) is 5.69 Å². The Hall–Kier alpha value is -1.07. The maximum atomic E-state index is 11.6. The lowest BCUT2D eigenvalue weighted by molar-refractivity contribution is 0.594. The number of sulfonamides is 1. The van der Waals surface area contributed by atoms with Gasteiger partial charge >= 0.3 is 0 Å². The van der Waals surface area contributed by atoms with Crippen LogP contribution in [0.3, 0.4) is 0 Å². The molecule has 2 N–H and O–H groups in total. The largest absolute Gasteiger partial charge is 0.329 e. The van der Waals surface area contributed by atoms with E-state index in [0.717, 1.165) is 0 Å². The molecule has 0 radical (unpaired) electrons. The summed E-state index contributed by atoms with van der Waals surface area (Å²) in [6.45, 7) is 0.138. The van der Waals surface area contributed by atoms with Gasteiger partial charge in [0.1, 0.15) is 0 Å². The van der Waals surface area contributed by atoms with Crippen molar-refractivity contribution in [2.24, 2.45) is 5.73 Å². The van der Waals surface area contributed by atoms with Crippen molar-refractivity contribution in [2.75, 3.05) is 23.7 Å². The lowest BCUT2D eigenvalue weighted by Crippen LogP contribution is -2.31. The van der Waals surface area contributed by atoms with Gasteiger partial charge in [-0.3, -0.25) is 4.31 Å². The fraction of sp³-hybridized carbons (Fsp3) is 0.333. The van der Waals surface area contributed by atoms with E-state index < -0.39 is 10.0 Å². The van der Waals surface area contributed by atoms with Crippen LogP contribution in [0.4, 0.5) is 5.69 Å². The molecule has 0 spiro atoms. The zero-order chi connectivity index (χ0) is 10.6. The summed E-state index contributed by atoms with van der Waals surface area (Å²) in [6, 6.07) is 8.92. The zero-order valence-electron chi connectivity index (χ0n) is 8.05. The van der Waals surface area contributed by atoms with E-state index in [2.05, 4.69) is 0 Å². The molecule has 0 atom stereocenters. The second-order valence-electron chi connectivity index (χ2n) is 2.91. The van der Waals surface area contributed by atoms with Gasteiger partial charge in [-0.15, -0.1) is 0 Å². The van der Waals surface area contributed by atoms with Crippen molar-refractivity contribution in [1.29, 1.82) is 0 Å². The zero-order valence-corrected chi connectivity index (χ0v) is 8.87. The van der Waals surface area contributed by atoms with Crippen LogP contribution in [0.2, 0.25) is 0 Å². The topological polar surface area (TPSA) is 63.4 Å². The number of benzene rings is 1. The lowest BCUT2D eigenvalue weighted by atomic mass is 10.3. The fourth-order valence-corrected chi connectivity index (χ4v) is 2.10. The Labute approximate surface area is 84.4 Å². The number of hydrogen-bond acceptors (Lipinski definition) is 3. The predicted octanol–water partition coefficient (Wildman–Crippen LogP) is 0.411. The number of nitrogens with zero attached hydrogens (tertiary/aromatic N) is 1. The highest BCUT2D eigenvalue weighted by atomic mass is 32.2. The first-order chi connectivity index (χ1) is 6.58. The lowest BCUT2D eigenvalue weighted by Gasteiger charge is -2.18. The van der Waals surface area contributed by atoms with Crippen LogP contribution in [0, 0.1) is 0 Å². The average molecular weight is 214 g/mol. The van der Waals surface area contributed by atoms with Gasteiger partial charge in [-0.05, 0) is 12.1 Å². The van der Waals surface area contributed by atoms with Crippen molar-refractivity contribution in [3.8, 4) is 0 Å². The van der Waals surface area contributed by atoms with E-state index in [1.807, 2.05) is 6.07 Å². The maximum absolute atomic E-state index is 11.6. The standard InChI is InChI=1S/C9H14N2O2S/c1-11(14(12,13)8-7-10)9-5-3-2-4-6-9/h2-6H,7-8,10H2,1H3. The smallest absolute Gasteiger partial charge is 0.236 e. The summed E-state index contributed by atoms with van der Waals surface area (Å²) < 4.78 is 24.4. The molecule has 1 aromatic carbocycles. The normalized spacial score (nSPS) is 11.3. The SMILES string of the molecule is CN(c1ccccc1)S(=O)(=O)CCN. The van der Waals surface area contributed by atoms with E-state index in [4.69, 9.17) is 5.73 Å². The molecule has 0 fully saturated rings. The second kappa shape index (κ2) is 4.43. The molecule has 0 aliphatic carbocycles. The van der Waals surface area contributed by atoms with Crippen LogP contribution in [0.5, 0.6) is 0 Å². The molecule has 0 unspecified atom stereocenters. The van der Waals surface area contributed by atoms with Gasteiger partial charge in [-0.25, -0.2) is 8.42 Å². The van der Waals surface area contributed by atoms with Crippen molar-refractivity contribution in [1.82, 2.24) is 0 Å². The third-order valence-electron chi connectivity index (χ3n) is 1.91. The van der Waals surface area contributed by atoms with Crippen molar-refractivity contribution in [3.63, 3.8) is 0 Å². The van der Waals surface area contributed by atoms with Gasteiger partial charge in [-0.2, -0.15) is 0 Å². The highest BCUT2D eigenvalue weighted by Gasteiger charge is 2.16. The first-order valence-electron chi connectivity index (χ1n) is 4.29. The molecule has 0 heterocycles. The molecule has 1 rings (SSSR count). The predicted molar refractivity (Wildman–Crippen MR) is 57.7 cm³/mol. The quantitative estimate of drug-likeness (QED) is 0.789. The summed E-state index contributed by atoms with van der Waals surface area (Å²) in [5.41, 5.74) is 5.88. The molecule has 14 heavy (non-hydrogen) atoms. The Bertz CT molecular complexity index is 375. The highest BCUT2D eigenvalue weighted by Crippen LogP contribution is 2.14. The van der Waals surface area contributed by atoms with E-state index >= 15 is 0 Å². The Morgan fingerprint density at radius 1 is 1.29 bits per heavy atom. The first-order valence-corrected chi connectivity index (χ1v) is 5.90. The van der Waals surface area contributed by atoms with Crippen LogP contribution in [-0.4, -0.2) is 27.8 Å². The number of anilines is 1.